The van der Waals surface area contributed by atoms with E-state index in [1.54, 1.807) is 29.2 Å². The Morgan fingerprint density at radius 2 is 1.96 bits per heavy atom. The Morgan fingerprint density at radius 3 is 2.64 bits per heavy atom. The first kappa shape index (κ1) is 21.9. The molecule has 0 unspecified atom stereocenters. The van der Waals surface area contributed by atoms with E-state index in [2.05, 4.69) is 5.32 Å². The van der Waals surface area contributed by atoms with Crippen LogP contribution in [0.5, 0.6) is 5.75 Å². The predicted octanol–water partition coefficient (Wildman–Crippen LogP) is 2.40. The molecule has 6 nitrogen and oxygen atoms in total. The number of unbranched alkanes of at least 4 members (excludes halogenated alkanes) is 1. The molecule has 1 saturated heterocycles. The summed E-state index contributed by atoms with van der Waals surface area (Å²) in [5.74, 6) is 0.691. The van der Waals surface area contributed by atoms with Crippen LogP contribution in [0.15, 0.2) is 24.3 Å². The molecule has 2 N–H and O–H groups in total. The van der Waals surface area contributed by atoms with Crippen LogP contribution in [0, 0.1) is 0 Å². The van der Waals surface area contributed by atoms with Crippen molar-refractivity contribution in [2.75, 3.05) is 39.5 Å². The van der Waals surface area contributed by atoms with Gasteiger partial charge in [-0.3, -0.25) is 0 Å². The van der Waals surface area contributed by atoms with Gasteiger partial charge in [0.05, 0.1) is 19.3 Å². The number of aliphatic hydroxyl groups is 1. The third-order valence-corrected chi connectivity index (χ3v) is 4.05. The molecule has 142 valence electrons. The van der Waals surface area contributed by atoms with Crippen LogP contribution in [0.25, 0.3) is 0 Å². The average molecular weight is 391 g/mol. The van der Waals surface area contributed by atoms with Crippen molar-refractivity contribution in [3.63, 3.8) is 0 Å². The molecule has 2 rings (SSSR count). The van der Waals surface area contributed by atoms with Crippen molar-refractivity contribution in [3.05, 3.63) is 29.3 Å². The smallest absolute Gasteiger partial charge is 0.317 e. The van der Waals surface area contributed by atoms with Gasteiger partial charge in [-0.2, -0.15) is 13.5 Å². The van der Waals surface area contributed by atoms with Crippen LogP contribution in [-0.4, -0.2) is 61.6 Å². The first-order valence-corrected chi connectivity index (χ1v) is 8.70. The van der Waals surface area contributed by atoms with Gasteiger partial charge in [-0.25, -0.2) is 4.79 Å². The standard InChI is InChI=1S/C17H25ClN2O4.H2S/c18-14-4-6-16(7-5-14)24-13-15(21)3-1-2-8-19-17(22)20-9-11-23-12-10-20;/h4-7,15,21H,1-3,8-13H2,(H,19,22);1H2/t15-;/m0./s1. The van der Waals surface area contributed by atoms with Gasteiger partial charge < -0.3 is 24.8 Å². The zero-order valence-electron chi connectivity index (χ0n) is 14.2. The maximum Gasteiger partial charge on any atom is 0.317 e. The van der Waals surface area contributed by atoms with E-state index in [0.717, 1.165) is 12.8 Å². The maximum atomic E-state index is 11.9. The van der Waals surface area contributed by atoms with E-state index in [1.165, 1.54) is 0 Å². The molecule has 0 aromatic heterocycles. The summed E-state index contributed by atoms with van der Waals surface area (Å²) in [5, 5.41) is 13.5. The molecule has 1 fully saturated rings. The molecule has 0 saturated carbocycles. The Hall–Kier alpha value is -1.15. The summed E-state index contributed by atoms with van der Waals surface area (Å²) in [5.41, 5.74) is 0. The van der Waals surface area contributed by atoms with Crippen molar-refractivity contribution >= 4 is 31.1 Å². The molecule has 0 radical (unpaired) electrons. The number of halogens is 1. The highest BCUT2D eigenvalue weighted by molar-refractivity contribution is 7.59. The number of aliphatic hydroxyl groups excluding tert-OH is 1. The zero-order chi connectivity index (χ0) is 17.2. The molecule has 1 heterocycles. The Kier molecular flexibility index (Phi) is 10.7. The normalized spacial score (nSPS) is 15.2. The number of rotatable bonds is 8. The van der Waals surface area contributed by atoms with E-state index in [9.17, 15) is 9.90 Å². The number of nitrogens with zero attached hydrogens (tertiary/aromatic N) is 1. The molecule has 1 aromatic rings. The van der Waals surface area contributed by atoms with Gasteiger partial charge in [0, 0.05) is 24.7 Å². The summed E-state index contributed by atoms with van der Waals surface area (Å²) in [6, 6.07) is 7.01. The monoisotopic (exact) mass is 390 g/mol. The second-order valence-corrected chi connectivity index (χ2v) is 6.18. The van der Waals surface area contributed by atoms with Gasteiger partial charge in [0.25, 0.3) is 0 Å². The minimum absolute atomic E-state index is 0. The van der Waals surface area contributed by atoms with Crippen molar-refractivity contribution in [2.24, 2.45) is 0 Å². The highest BCUT2D eigenvalue weighted by atomic mass is 35.5. The Morgan fingerprint density at radius 1 is 1.28 bits per heavy atom. The number of nitrogens with one attached hydrogen (secondary N) is 1. The number of hydrogen-bond acceptors (Lipinski definition) is 4. The van der Waals surface area contributed by atoms with Crippen molar-refractivity contribution in [1.29, 1.82) is 0 Å². The number of hydrogen-bond donors (Lipinski definition) is 2. The topological polar surface area (TPSA) is 71.0 Å². The van der Waals surface area contributed by atoms with Gasteiger partial charge in [0.15, 0.2) is 0 Å². The lowest BCUT2D eigenvalue weighted by Crippen LogP contribution is -2.46. The van der Waals surface area contributed by atoms with Gasteiger partial charge in [0.2, 0.25) is 0 Å². The van der Waals surface area contributed by atoms with E-state index in [1.807, 2.05) is 0 Å². The summed E-state index contributed by atoms with van der Waals surface area (Å²) < 4.78 is 10.7. The quantitative estimate of drug-likeness (QED) is 0.669. The van der Waals surface area contributed by atoms with Gasteiger partial charge in [-0.15, -0.1) is 0 Å². The van der Waals surface area contributed by atoms with Crippen LogP contribution >= 0.6 is 25.1 Å². The molecule has 1 aromatic carbocycles. The lowest BCUT2D eigenvalue weighted by atomic mass is 10.1. The Labute approximate surface area is 160 Å². The third-order valence-electron chi connectivity index (χ3n) is 3.79. The zero-order valence-corrected chi connectivity index (χ0v) is 16.0. The van der Waals surface area contributed by atoms with Crippen molar-refractivity contribution in [2.45, 2.75) is 25.4 Å². The highest BCUT2D eigenvalue weighted by Crippen LogP contribution is 2.16. The number of ether oxygens (including phenoxy) is 2. The molecule has 1 aliphatic rings. The van der Waals surface area contributed by atoms with Crippen molar-refractivity contribution in [1.82, 2.24) is 10.2 Å². The minimum Gasteiger partial charge on any atom is -0.491 e. The SMILES string of the molecule is O=C(NCCCC[C@H](O)COc1ccc(Cl)cc1)N1CCOCC1.S. The number of carbonyl (C=O) groups excluding carboxylic acids is 1. The van der Waals surface area contributed by atoms with Crippen LogP contribution in [0.3, 0.4) is 0 Å². The van der Waals surface area contributed by atoms with E-state index >= 15 is 0 Å². The summed E-state index contributed by atoms with van der Waals surface area (Å²) in [6.07, 6.45) is 1.78. The summed E-state index contributed by atoms with van der Waals surface area (Å²) in [4.78, 5) is 13.6. The second-order valence-electron chi connectivity index (χ2n) is 5.75. The van der Waals surface area contributed by atoms with Crippen LogP contribution in [0.2, 0.25) is 5.02 Å². The summed E-state index contributed by atoms with van der Waals surface area (Å²) in [6.45, 7) is 3.36. The fourth-order valence-corrected chi connectivity index (χ4v) is 2.51. The van der Waals surface area contributed by atoms with Gasteiger partial charge in [-0.05, 0) is 43.5 Å². The summed E-state index contributed by atoms with van der Waals surface area (Å²) in [7, 11) is 0. The first-order chi connectivity index (χ1) is 11.6. The predicted molar refractivity (Wildman–Crippen MR) is 103 cm³/mol. The fourth-order valence-electron chi connectivity index (χ4n) is 2.39. The molecular formula is C17H27ClN2O4S. The molecule has 2 amide bonds. The molecule has 0 spiro atoms. The van der Waals surface area contributed by atoms with Crippen LogP contribution < -0.4 is 10.1 Å². The maximum absolute atomic E-state index is 11.9. The molecule has 1 aliphatic heterocycles. The van der Waals surface area contributed by atoms with Crippen LogP contribution in [0.1, 0.15) is 19.3 Å². The van der Waals surface area contributed by atoms with E-state index in [0.29, 0.717) is 50.0 Å². The molecule has 25 heavy (non-hydrogen) atoms. The van der Waals surface area contributed by atoms with Crippen LogP contribution in [-0.2, 0) is 4.74 Å². The van der Waals surface area contributed by atoms with Crippen LogP contribution in [0.4, 0.5) is 4.79 Å². The van der Waals surface area contributed by atoms with E-state index < -0.39 is 6.10 Å². The second kappa shape index (κ2) is 12.2. The van der Waals surface area contributed by atoms with Crippen molar-refractivity contribution < 1.29 is 19.4 Å². The fraction of sp³-hybridized carbons (Fsp3) is 0.588. The molecular weight excluding hydrogens is 364 g/mol. The van der Waals surface area contributed by atoms with Gasteiger partial charge in [0.1, 0.15) is 12.4 Å². The first-order valence-electron chi connectivity index (χ1n) is 8.32. The average Bonchev–Trinajstić information content (AvgIpc) is 2.61. The minimum atomic E-state index is -0.518. The van der Waals surface area contributed by atoms with E-state index in [4.69, 9.17) is 21.1 Å². The molecule has 0 bridgehead atoms. The Bertz CT molecular complexity index is 498. The van der Waals surface area contributed by atoms with Gasteiger partial charge >= 0.3 is 6.03 Å². The number of amides is 2. The Balaban J connectivity index is 0.00000312. The van der Waals surface area contributed by atoms with Crippen molar-refractivity contribution in [3.8, 4) is 5.75 Å². The van der Waals surface area contributed by atoms with Gasteiger partial charge in [-0.1, -0.05) is 11.6 Å². The number of benzene rings is 1. The summed E-state index contributed by atoms with van der Waals surface area (Å²) >= 11 is 5.80. The lowest BCUT2D eigenvalue weighted by molar-refractivity contribution is 0.0532. The number of urea groups is 1. The lowest BCUT2D eigenvalue weighted by Gasteiger charge is -2.26. The number of morpholine rings is 1. The highest BCUT2D eigenvalue weighted by Gasteiger charge is 2.15. The largest absolute Gasteiger partial charge is 0.491 e. The number of carbonyl (C=O) groups is 1. The third kappa shape index (κ3) is 8.67. The van der Waals surface area contributed by atoms with E-state index in [-0.39, 0.29) is 26.1 Å². The molecule has 8 heteroatoms. The molecule has 0 aliphatic carbocycles. The molecule has 1 atom stereocenters.